The van der Waals surface area contributed by atoms with Crippen LogP contribution in [0.4, 0.5) is 5.13 Å². The van der Waals surface area contributed by atoms with E-state index >= 15 is 0 Å². The molecule has 0 atom stereocenters. The fraction of sp³-hybridized carbons (Fsp3) is 0.188. The van der Waals surface area contributed by atoms with Gasteiger partial charge in [-0.1, -0.05) is 45.7 Å². The summed E-state index contributed by atoms with van der Waals surface area (Å²) in [5, 5.41) is 7.48. The Hall–Kier alpha value is -0.830. The zero-order chi connectivity index (χ0) is 17.3. The van der Waals surface area contributed by atoms with E-state index in [1.165, 1.54) is 4.88 Å². The highest BCUT2D eigenvalue weighted by molar-refractivity contribution is 7.23. The van der Waals surface area contributed by atoms with E-state index in [0.717, 1.165) is 32.0 Å². The molecule has 0 aliphatic heterocycles. The highest BCUT2D eigenvalue weighted by Gasteiger charge is 2.13. The van der Waals surface area contributed by atoms with E-state index < -0.39 is 0 Å². The van der Waals surface area contributed by atoms with Crippen LogP contribution >= 0.6 is 45.9 Å². The third kappa shape index (κ3) is 4.87. The summed E-state index contributed by atoms with van der Waals surface area (Å²) in [6.45, 7) is 5.97. The monoisotopic (exact) mass is 476 g/mol. The van der Waals surface area contributed by atoms with E-state index in [2.05, 4.69) is 15.1 Å². The molecular formula is C16H15BrCl2N4S2. The number of hydrogen-bond acceptors (Lipinski definition) is 5. The van der Waals surface area contributed by atoms with Crippen molar-refractivity contribution in [2.45, 2.75) is 20.8 Å². The fourth-order valence-electron chi connectivity index (χ4n) is 2.16. The summed E-state index contributed by atoms with van der Waals surface area (Å²) < 4.78 is 0. The predicted octanol–water partition coefficient (Wildman–Crippen LogP) is 1.81. The van der Waals surface area contributed by atoms with Crippen molar-refractivity contribution < 1.29 is 22.4 Å². The Morgan fingerprint density at radius 2 is 1.92 bits per heavy atom. The summed E-state index contributed by atoms with van der Waals surface area (Å²) in [5.41, 5.74) is 4.61. The molecule has 0 aliphatic rings. The topological polar surface area (TPSA) is 54.8 Å². The van der Waals surface area contributed by atoms with Crippen LogP contribution in [0.15, 0.2) is 29.5 Å². The molecule has 0 saturated carbocycles. The number of nitrogens with zero attached hydrogens (tertiary/aromatic N) is 3. The van der Waals surface area contributed by atoms with Crippen molar-refractivity contribution in [3.05, 3.63) is 50.7 Å². The molecule has 132 valence electrons. The molecule has 0 unspecified atom stereocenters. The van der Waals surface area contributed by atoms with E-state index in [9.17, 15) is 0 Å². The SMILES string of the molecule is C/C(=N\[NH2+]c1ncc(-c2sc(C)nc2C)s1)c1ccc(Cl)c(Cl)c1.[Br-]. The number of halogens is 3. The molecule has 3 rings (SSSR count). The van der Waals surface area contributed by atoms with Gasteiger partial charge in [0.2, 0.25) is 0 Å². The van der Waals surface area contributed by atoms with Crippen molar-refractivity contribution in [3.63, 3.8) is 0 Å². The lowest BCUT2D eigenvalue weighted by atomic mass is 10.1. The van der Waals surface area contributed by atoms with Gasteiger partial charge in [-0.25, -0.2) is 4.98 Å². The Morgan fingerprint density at radius 1 is 1.16 bits per heavy atom. The molecule has 3 aromatic rings. The van der Waals surface area contributed by atoms with Crippen LogP contribution in [0.2, 0.25) is 10.0 Å². The lowest BCUT2D eigenvalue weighted by Gasteiger charge is -2.00. The fourth-order valence-corrected chi connectivity index (χ4v) is 4.31. The summed E-state index contributed by atoms with van der Waals surface area (Å²) in [5.74, 6) is 0. The van der Waals surface area contributed by atoms with Gasteiger partial charge >= 0.3 is 5.13 Å². The maximum Gasteiger partial charge on any atom is 0.310 e. The quantitative estimate of drug-likeness (QED) is 0.354. The number of benzene rings is 1. The molecule has 2 N–H and O–H groups in total. The minimum Gasteiger partial charge on any atom is -1.00 e. The van der Waals surface area contributed by atoms with Crippen LogP contribution in [-0.4, -0.2) is 15.7 Å². The zero-order valence-electron chi connectivity index (χ0n) is 13.7. The molecule has 1 aromatic carbocycles. The average Bonchev–Trinajstić information content (AvgIpc) is 3.13. The molecular weight excluding hydrogens is 463 g/mol. The molecule has 0 fully saturated rings. The van der Waals surface area contributed by atoms with Crippen LogP contribution in [0.1, 0.15) is 23.2 Å². The summed E-state index contributed by atoms with van der Waals surface area (Å²) in [6.07, 6.45) is 1.88. The Morgan fingerprint density at radius 3 is 2.56 bits per heavy atom. The van der Waals surface area contributed by atoms with Gasteiger partial charge in [0.05, 0.1) is 36.7 Å². The van der Waals surface area contributed by atoms with Crippen LogP contribution in [-0.2, 0) is 0 Å². The number of aromatic nitrogens is 2. The normalized spacial score (nSPS) is 11.5. The number of rotatable bonds is 4. The summed E-state index contributed by atoms with van der Waals surface area (Å²) in [7, 11) is 0. The van der Waals surface area contributed by atoms with Crippen molar-refractivity contribution in [2.75, 3.05) is 0 Å². The molecule has 0 amide bonds. The lowest BCUT2D eigenvalue weighted by molar-refractivity contribution is -0.577. The molecule has 2 heterocycles. The van der Waals surface area contributed by atoms with Crippen LogP contribution in [0.3, 0.4) is 0 Å². The maximum absolute atomic E-state index is 6.05. The summed E-state index contributed by atoms with van der Waals surface area (Å²) in [6, 6.07) is 5.49. The molecule has 0 bridgehead atoms. The Balaban J connectivity index is 0.00000225. The first-order valence-corrected chi connectivity index (χ1v) is 9.56. The summed E-state index contributed by atoms with van der Waals surface area (Å²) >= 11 is 15.3. The Labute approximate surface area is 174 Å². The minimum absolute atomic E-state index is 0. The van der Waals surface area contributed by atoms with Gasteiger partial charge in [-0.05, 0) is 32.9 Å². The van der Waals surface area contributed by atoms with Gasteiger partial charge in [0.25, 0.3) is 0 Å². The van der Waals surface area contributed by atoms with Crippen molar-refractivity contribution in [2.24, 2.45) is 5.10 Å². The molecule has 4 nitrogen and oxygen atoms in total. The van der Waals surface area contributed by atoms with E-state index in [4.69, 9.17) is 23.2 Å². The van der Waals surface area contributed by atoms with Crippen molar-refractivity contribution >= 4 is 56.7 Å². The molecule has 0 radical (unpaired) electrons. The van der Waals surface area contributed by atoms with Gasteiger partial charge < -0.3 is 17.0 Å². The molecule has 9 heteroatoms. The van der Waals surface area contributed by atoms with Gasteiger partial charge in [-0.3, -0.25) is 0 Å². The number of quaternary nitrogens is 1. The lowest BCUT2D eigenvalue weighted by Crippen LogP contribution is -3.00. The van der Waals surface area contributed by atoms with Crippen molar-refractivity contribution in [1.29, 1.82) is 0 Å². The first-order chi connectivity index (χ1) is 11.4. The van der Waals surface area contributed by atoms with Crippen LogP contribution in [0.25, 0.3) is 9.75 Å². The summed E-state index contributed by atoms with van der Waals surface area (Å²) in [4.78, 5) is 11.2. The number of thiazole rings is 2. The molecule has 0 saturated heterocycles. The first kappa shape index (κ1) is 20.5. The molecule has 0 aliphatic carbocycles. The second kappa shape index (κ2) is 8.70. The van der Waals surface area contributed by atoms with Crippen molar-refractivity contribution in [3.8, 4) is 9.75 Å². The second-order valence-electron chi connectivity index (χ2n) is 5.18. The zero-order valence-corrected chi connectivity index (χ0v) is 18.4. The van der Waals surface area contributed by atoms with E-state index in [1.54, 1.807) is 34.2 Å². The molecule has 0 spiro atoms. The molecule has 2 aromatic heterocycles. The largest absolute Gasteiger partial charge is 1.00 e. The number of aryl methyl sites for hydroxylation is 2. The van der Waals surface area contributed by atoms with Crippen molar-refractivity contribution in [1.82, 2.24) is 9.97 Å². The Bertz CT molecular complexity index is 921. The number of hydrogen-bond donors (Lipinski definition) is 1. The predicted molar refractivity (Wildman–Crippen MR) is 103 cm³/mol. The standard InChI is InChI=1S/C16H14Cl2N4S2.BrH/c1-8(11-4-5-12(17)13(18)6-11)21-22-16-19-7-14(24-16)15-9(2)20-10(3)23-15;/h4-7H,1-3H3,(H,19,22);1H/b21-8+;. The van der Waals surface area contributed by atoms with E-state index in [0.29, 0.717) is 10.0 Å². The van der Waals surface area contributed by atoms with Gasteiger partial charge in [0.15, 0.2) is 0 Å². The maximum atomic E-state index is 6.05. The van der Waals surface area contributed by atoms with E-state index in [-0.39, 0.29) is 17.0 Å². The van der Waals surface area contributed by atoms with Crippen LogP contribution in [0.5, 0.6) is 0 Å². The van der Waals surface area contributed by atoms with Crippen LogP contribution < -0.4 is 22.4 Å². The average molecular weight is 478 g/mol. The van der Waals surface area contributed by atoms with Gasteiger partial charge in [-0.15, -0.1) is 11.3 Å². The highest BCUT2D eigenvalue weighted by atomic mass is 79.9. The first-order valence-electron chi connectivity index (χ1n) is 7.17. The van der Waals surface area contributed by atoms with Gasteiger partial charge in [0.1, 0.15) is 5.71 Å². The second-order valence-corrected chi connectivity index (χ2v) is 8.26. The van der Waals surface area contributed by atoms with E-state index in [1.807, 2.05) is 39.1 Å². The Kier molecular flexibility index (Phi) is 7.13. The van der Waals surface area contributed by atoms with Gasteiger partial charge in [0, 0.05) is 5.56 Å². The molecule has 25 heavy (non-hydrogen) atoms. The number of nitrogens with two attached hydrogens (primary N) is 1. The van der Waals surface area contributed by atoms with Gasteiger partial charge in [-0.2, -0.15) is 10.4 Å². The van der Waals surface area contributed by atoms with Crippen LogP contribution in [0, 0.1) is 13.8 Å². The minimum atomic E-state index is 0. The third-order valence-corrected chi connectivity index (χ3v) is 6.28. The smallest absolute Gasteiger partial charge is 0.310 e. The highest BCUT2D eigenvalue weighted by Crippen LogP contribution is 2.34. The third-order valence-electron chi connectivity index (χ3n) is 3.36.